The molecule has 0 bridgehead atoms. The van der Waals surface area contributed by atoms with E-state index in [0.29, 0.717) is 53.8 Å². The zero-order valence-electron chi connectivity index (χ0n) is 22.1. The summed E-state index contributed by atoms with van der Waals surface area (Å²) in [7, 11) is 2.05. The molecule has 0 saturated carbocycles. The van der Waals surface area contributed by atoms with Crippen LogP contribution in [0.1, 0.15) is 6.92 Å². The quantitative estimate of drug-likeness (QED) is 0.349. The number of likely N-dealkylation sites (N-methyl/N-ethyl adjacent to an activating group) is 1. The average Bonchev–Trinajstić information content (AvgIpc) is 3.55. The van der Waals surface area contributed by atoms with Crippen LogP contribution in [0.15, 0.2) is 37.2 Å². The van der Waals surface area contributed by atoms with Crippen LogP contribution in [-0.4, -0.2) is 93.3 Å². The maximum absolute atomic E-state index is 14.6. The van der Waals surface area contributed by atoms with Crippen LogP contribution >= 0.6 is 11.6 Å². The van der Waals surface area contributed by atoms with Crippen LogP contribution in [0.3, 0.4) is 0 Å². The second-order valence-electron chi connectivity index (χ2n) is 10.1. The molecule has 2 saturated heterocycles. The smallest absolute Gasteiger partial charge is 0.319 e. The Hall–Kier alpha value is -4.03. The molecule has 2 atom stereocenters. The Balaban J connectivity index is 1.43. The number of benzene rings is 1. The molecule has 3 aromatic heterocycles. The van der Waals surface area contributed by atoms with E-state index in [1.54, 1.807) is 17.2 Å². The fourth-order valence-corrected chi connectivity index (χ4v) is 5.49. The number of carbonyl (C=O) groups is 1. The molecule has 13 heteroatoms. The van der Waals surface area contributed by atoms with Gasteiger partial charge in [0.2, 0.25) is 11.8 Å². The number of H-pyrrole nitrogens is 1. The number of carbonyl (C=O) groups excluding carboxylic acids is 1. The van der Waals surface area contributed by atoms with Crippen molar-refractivity contribution in [3.63, 3.8) is 0 Å². The zero-order chi connectivity index (χ0) is 28.0. The van der Waals surface area contributed by atoms with Gasteiger partial charge in [-0.2, -0.15) is 15.1 Å². The second-order valence-corrected chi connectivity index (χ2v) is 10.5. The molecule has 1 unspecified atom stereocenters. The molecule has 208 valence electrons. The van der Waals surface area contributed by atoms with E-state index in [9.17, 15) is 9.18 Å². The molecule has 2 fully saturated rings. The number of hydrogen-bond donors (Lipinski definition) is 1. The van der Waals surface area contributed by atoms with Crippen molar-refractivity contribution in [2.24, 2.45) is 5.92 Å². The van der Waals surface area contributed by atoms with E-state index >= 15 is 0 Å². The SMILES string of the molecule is C=CC(=O)N1CCN(c2nc(O[C@@H]3CN(C)CC3C)nc3c(Oc4c(Cl)c(F)cc5[nH]ncc45)nccc23)CC1. The number of likely N-dealkylation sites (tertiary alicyclic amines) is 1. The minimum Gasteiger partial charge on any atom is -0.458 e. The lowest BCUT2D eigenvalue weighted by molar-refractivity contribution is -0.126. The van der Waals surface area contributed by atoms with Gasteiger partial charge in [0.1, 0.15) is 28.3 Å². The van der Waals surface area contributed by atoms with Gasteiger partial charge in [0.05, 0.1) is 22.5 Å². The summed E-state index contributed by atoms with van der Waals surface area (Å²) < 4.78 is 27.1. The molecule has 5 heterocycles. The van der Waals surface area contributed by atoms with E-state index in [4.69, 9.17) is 31.0 Å². The number of amides is 1. The lowest BCUT2D eigenvalue weighted by Crippen LogP contribution is -2.48. The third kappa shape index (κ3) is 4.77. The normalized spacial score (nSPS) is 19.9. The number of rotatable bonds is 6. The number of aromatic nitrogens is 5. The fraction of sp³-hybridized carbons (Fsp3) is 0.370. The molecule has 1 amide bonds. The maximum Gasteiger partial charge on any atom is 0.319 e. The number of fused-ring (bicyclic) bond motifs is 2. The van der Waals surface area contributed by atoms with Crippen molar-refractivity contribution in [3.8, 4) is 17.6 Å². The summed E-state index contributed by atoms with van der Waals surface area (Å²) in [5, 5.41) is 7.71. The first-order valence-corrected chi connectivity index (χ1v) is 13.4. The molecule has 2 aliphatic heterocycles. The number of aromatic amines is 1. The Labute approximate surface area is 234 Å². The first-order chi connectivity index (χ1) is 19.3. The fourth-order valence-electron chi connectivity index (χ4n) is 5.29. The van der Waals surface area contributed by atoms with E-state index in [1.165, 1.54) is 18.3 Å². The summed E-state index contributed by atoms with van der Waals surface area (Å²) in [6.07, 6.45) is 4.32. The summed E-state index contributed by atoms with van der Waals surface area (Å²) in [5.74, 6) is 0.364. The van der Waals surface area contributed by atoms with Gasteiger partial charge in [0, 0.05) is 57.4 Å². The number of pyridine rings is 1. The number of anilines is 1. The number of piperazine rings is 1. The van der Waals surface area contributed by atoms with Crippen LogP contribution in [0.25, 0.3) is 21.8 Å². The lowest BCUT2D eigenvalue weighted by atomic mass is 10.1. The minimum atomic E-state index is -0.653. The van der Waals surface area contributed by atoms with Crippen LogP contribution in [0.4, 0.5) is 10.2 Å². The lowest BCUT2D eigenvalue weighted by Gasteiger charge is -2.35. The molecule has 40 heavy (non-hydrogen) atoms. The van der Waals surface area contributed by atoms with Gasteiger partial charge in [-0.15, -0.1) is 0 Å². The molecule has 2 aliphatic rings. The highest BCUT2D eigenvalue weighted by Gasteiger charge is 2.31. The van der Waals surface area contributed by atoms with Gasteiger partial charge in [-0.25, -0.2) is 9.37 Å². The Bertz CT molecular complexity index is 1610. The molecule has 0 spiro atoms. The molecule has 11 nitrogen and oxygen atoms in total. The van der Waals surface area contributed by atoms with Crippen molar-refractivity contribution in [2.75, 3.05) is 51.2 Å². The van der Waals surface area contributed by atoms with Crippen molar-refractivity contribution in [3.05, 3.63) is 48.0 Å². The Kier molecular flexibility index (Phi) is 6.88. The summed E-state index contributed by atoms with van der Waals surface area (Å²) in [6, 6.07) is 3.25. The van der Waals surface area contributed by atoms with E-state index in [0.717, 1.165) is 13.1 Å². The van der Waals surface area contributed by atoms with Crippen LogP contribution in [0, 0.1) is 11.7 Å². The highest BCUT2D eigenvalue weighted by atomic mass is 35.5. The Morgan fingerprint density at radius 2 is 2.02 bits per heavy atom. The number of hydrogen-bond acceptors (Lipinski definition) is 9. The van der Waals surface area contributed by atoms with Crippen molar-refractivity contribution in [1.82, 2.24) is 34.9 Å². The van der Waals surface area contributed by atoms with Gasteiger partial charge in [-0.1, -0.05) is 25.1 Å². The number of nitrogens with one attached hydrogen (secondary N) is 1. The van der Waals surface area contributed by atoms with E-state index in [-0.39, 0.29) is 40.6 Å². The topological polar surface area (TPSA) is 113 Å². The van der Waals surface area contributed by atoms with Crippen molar-refractivity contribution in [2.45, 2.75) is 13.0 Å². The highest BCUT2D eigenvalue weighted by molar-refractivity contribution is 6.33. The van der Waals surface area contributed by atoms with Gasteiger partial charge >= 0.3 is 6.01 Å². The molecular formula is C27H28ClFN8O3. The standard InChI is InChI=1S/C27H28ClFN8O3/c1-4-21(38)36-7-9-37(10-8-36)25-16-5-6-30-26(40-24-17-12-31-34-19(17)11-18(29)22(24)28)23(16)32-27(33-25)39-20-14-35(3)13-15(20)2/h4-6,11-12,15,20H,1,7-10,13-14H2,2-3H3,(H,31,34)/t15?,20-/m1/s1. The Morgan fingerprint density at radius 1 is 1.23 bits per heavy atom. The number of halogens is 2. The van der Waals surface area contributed by atoms with Gasteiger partial charge < -0.3 is 24.2 Å². The summed E-state index contributed by atoms with van der Waals surface area (Å²) in [5.41, 5.74) is 0.825. The van der Waals surface area contributed by atoms with Crippen LogP contribution < -0.4 is 14.4 Å². The summed E-state index contributed by atoms with van der Waals surface area (Å²) in [4.78, 5) is 32.1. The summed E-state index contributed by atoms with van der Waals surface area (Å²) >= 11 is 6.33. The predicted octanol–water partition coefficient (Wildman–Crippen LogP) is 3.65. The molecule has 4 aromatic rings. The first-order valence-electron chi connectivity index (χ1n) is 13.0. The van der Waals surface area contributed by atoms with E-state index < -0.39 is 5.82 Å². The minimum absolute atomic E-state index is 0.0793. The average molecular weight is 567 g/mol. The Morgan fingerprint density at radius 3 is 2.75 bits per heavy atom. The predicted molar refractivity (Wildman–Crippen MR) is 149 cm³/mol. The van der Waals surface area contributed by atoms with Crippen LogP contribution in [0.5, 0.6) is 17.6 Å². The molecule has 1 N–H and O–H groups in total. The van der Waals surface area contributed by atoms with Crippen LogP contribution in [0.2, 0.25) is 5.02 Å². The number of ether oxygens (including phenoxy) is 2. The van der Waals surface area contributed by atoms with Crippen molar-refractivity contribution < 1.29 is 18.7 Å². The molecule has 1 aromatic carbocycles. The monoisotopic (exact) mass is 566 g/mol. The first kappa shape index (κ1) is 26.2. The zero-order valence-corrected chi connectivity index (χ0v) is 22.9. The van der Waals surface area contributed by atoms with Gasteiger partial charge in [0.15, 0.2) is 5.75 Å². The third-order valence-electron chi connectivity index (χ3n) is 7.38. The van der Waals surface area contributed by atoms with Crippen LogP contribution in [-0.2, 0) is 4.79 Å². The molecule has 0 aliphatic carbocycles. The second kappa shape index (κ2) is 10.5. The molecule has 6 rings (SSSR count). The van der Waals surface area contributed by atoms with Gasteiger partial charge in [-0.3, -0.25) is 9.89 Å². The largest absolute Gasteiger partial charge is 0.458 e. The molecular weight excluding hydrogens is 539 g/mol. The van der Waals surface area contributed by atoms with Gasteiger partial charge in [-0.05, 0) is 19.2 Å². The van der Waals surface area contributed by atoms with E-state index in [2.05, 4.69) is 38.5 Å². The van der Waals surface area contributed by atoms with Crippen molar-refractivity contribution in [1.29, 1.82) is 0 Å². The summed E-state index contributed by atoms with van der Waals surface area (Å²) in [6.45, 7) is 9.51. The van der Waals surface area contributed by atoms with E-state index in [1.807, 2.05) is 7.05 Å². The number of nitrogens with zero attached hydrogens (tertiary/aromatic N) is 7. The maximum atomic E-state index is 14.6. The highest BCUT2D eigenvalue weighted by Crippen LogP contribution is 2.40. The van der Waals surface area contributed by atoms with Gasteiger partial charge in [0.25, 0.3) is 0 Å². The molecule has 0 radical (unpaired) electrons. The van der Waals surface area contributed by atoms with Crippen molar-refractivity contribution >= 4 is 45.1 Å². The third-order valence-corrected chi connectivity index (χ3v) is 7.73.